The van der Waals surface area contributed by atoms with Crippen LogP contribution in [-0.4, -0.2) is 32.5 Å². The Morgan fingerprint density at radius 1 is 1.21 bits per heavy atom. The third-order valence-corrected chi connectivity index (χ3v) is 5.10. The van der Waals surface area contributed by atoms with Crippen LogP contribution in [0.4, 0.5) is 0 Å². The van der Waals surface area contributed by atoms with Crippen LogP contribution >= 0.6 is 12.2 Å². The summed E-state index contributed by atoms with van der Waals surface area (Å²) in [5.74, 6) is 0. The number of H-pyrrole nitrogens is 1. The van der Waals surface area contributed by atoms with E-state index >= 15 is 0 Å². The zero-order valence-electron chi connectivity index (χ0n) is 13.9. The summed E-state index contributed by atoms with van der Waals surface area (Å²) in [6, 6.07) is 15.2. The lowest BCUT2D eigenvalue weighted by Gasteiger charge is -2.33. The van der Waals surface area contributed by atoms with Gasteiger partial charge in [-0.1, -0.05) is 30.3 Å². The quantitative estimate of drug-likeness (QED) is 0.726. The lowest BCUT2D eigenvalue weighted by molar-refractivity contribution is 0.171. The molecule has 1 aliphatic rings. The van der Waals surface area contributed by atoms with Crippen LogP contribution in [0.15, 0.2) is 42.5 Å². The van der Waals surface area contributed by atoms with Crippen LogP contribution in [0, 0.1) is 11.7 Å². The van der Waals surface area contributed by atoms with Crippen molar-refractivity contribution in [2.24, 2.45) is 0 Å². The highest BCUT2D eigenvalue weighted by molar-refractivity contribution is 7.71. The van der Waals surface area contributed by atoms with Crippen molar-refractivity contribution in [2.75, 3.05) is 13.1 Å². The van der Waals surface area contributed by atoms with Crippen molar-refractivity contribution in [1.29, 1.82) is 0 Å². The molecule has 1 saturated heterocycles. The van der Waals surface area contributed by atoms with Crippen molar-refractivity contribution in [3.8, 4) is 0 Å². The van der Waals surface area contributed by atoms with Crippen LogP contribution < -0.4 is 0 Å². The molecule has 0 spiro atoms. The molecule has 2 aromatic heterocycles. The van der Waals surface area contributed by atoms with Crippen LogP contribution in [0.5, 0.6) is 0 Å². The molecule has 124 valence electrons. The van der Waals surface area contributed by atoms with Crippen LogP contribution in [-0.2, 0) is 6.54 Å². The minimum Gasteiger partial charge on any atom is -0.329 e. The minimum atomic E-state index is 0.387. The predicted molar refractivity (Wildman–Crippen MR) is 99.6 cm³/mol. The van der Waals surface area contributed by atoms with E-state index in [9.17, 15) is 0 Å². The molecule has 5 heteroatoms. The molecule has 0 radical (unpaired) electrons. The number of pyridine rings is 1. The van der Waals surface area contributed by atoms with Gasteiger partial charge in [0.2, 0.25) is 0 Å². The lowest BCUT2D eigenvalue weighted by Crippen LogP contribution is -2.36. The van der Waals surface area contributed by atoms with Gasteiger partial charge in [-0.15, -0.1) is 0 Å². The number of rotatable bonds is 3. The van der Waals surface area contributed by atoms with E-state index in [1.54, 1.807) is 0 Å². The van der Waals surface area contributed by atoms with Gasteiger partial charge in [-0.3, -0.25) is 9.47 Å². The zero-order valence-corrected chi connectivity index (χ0v) is 14.7. The number of fused-ring (bicyclic) bond motifs is 1. The second-order valence-electron chi connectivity index (χ2n) is 6.64. The van der Waals surface area contributed by atoms with E-state index in [2.05, 4.69) is 50.8 Å². The molecule has 24 heavy (non-hydrogen) atoms. The summed E-state index contributed by atoms with van der Waals surface area (Å²) >= 11 is 5.59. The van der Waals surface area contributed by atoms with Crippen molar-refractivity contribution in [1.82, 2.24) is 19.4 Å². The van der Waals surface area contributed by atoms with Gasteiger partial charge in [0.15, 0.2) is 10.4 Å². The van der Waals surface area contributed by atoms with Crippen LogP contribution in [0.1, 0.15) is 30.1 Å². The van der Waals surface area contributed by atoms with E-state index in [0.717, 1.165) is 47.7 Å². The first-order valence-electron chi connectivity index (χ1n) is 8.55. The summed E-state index contributed by atoms with van der Waals surface area (Å²) in [7, 11) is 0. The lowest BCUT2D eigenvalue weighted by atomic mass is 10.0. The molecular weight excluding hydrogens is 316 g/mol. The van der Waals surface area contributed by atoms with E-state index in [-0.39, 0.29) is 0 Å². The number of aromatic nitrogens is 3. The van der Waals surface area contributed by atoms with Gasteiger partial charge >= 0.3 is 0 Å². The first kappa shape index (κ1) is 15.5. The number of likely N-dealkylation sites (tertiary alicyclic amines) is 1. The Morgan fingerprint density at radius 2 is 2.04 bits per heavy atom. The first-order chi connectivity index (χ1) is 11.7. The van der Waals surface area contributed by atoms with Gasteiger partial charge in [0, 0.05) is 18.8 Å². The molecule has 1 fully saturated rings. The predicted octanol–water partition coefficient (Wildman–Crippen LogP) is 4.24. The summed E-state index contributed by atoms with van der Waals surface area (Å²) in [6.45, 7) is 5.20. The summed E-state index contributed by atoms with van der Waals surface area (Å²) in [4.78, 5) is 10.6. The molecule has 3 heterocycles. The fourth-order valence-electron chi connectivity index (χ4n) is 3.66. The SMILES string of the molecule is Cc1ccc2[nH]c(=S)n(C3CCCN(Cc4ccccc4)C3)c2n1. The number of benzene rings is 1. The number of piperidine rings is 1. The minimum absolute atomic E-state index is 0.387. The maximum atomic E-state index is 5.59. The Labute approximate surface area is 147 Å². The third-order valence-electron chi connectivity index (χ3n) is 4.80. The monoisotopic (exact) mass is 338 g/mol. The topological polar surface area (TPSA) is 36.9 Å². The second-order valence-corrected chi connectivity index (χ2v) is 7.03. The maximum Gasteiger partial charge on any atom is 0.179 e. The van der Waals surface area contributed by atoms with Gasteiger partial charge in [0.25, 0.3) is 0 Å². The molecule has 1 unspecified atom stereocenters. The van der Waals surface area contributed by atoms with E-state index in [1.165, 1.54) is 12.0 Å². The first-order valence-corrected chi connectivity index (χ1v) is 8.96. The van der Waals surface area contributed by atoms with Crippen molar-refractivity contribution in [3.05, 3.63) is 58.5 Å². The van der Waals surface area contributed by atoms with Crippen LogP contribution in [0.2, 0.25) is 0 Å². The highest BCUT2D eigenvalue weighted by Gasteiger charge is 2.24. The molecule has 1 N–H and O–H groups in total. The van der Waals surface area contributed by atoms with Crippen LogP contribution in [0.3, 0.4) is 0 Å². The standard InChI is InChI=1S/C19H22N4S/c1-14-9-10-17-18(20-14)23(19(24)21-17)16-8-5-11-22(13-16)12-15-6-3-2-4-7-15/h2-4,6-7,9-10,16H,5,8,11-13H2,1H3,(H,21,24). The van der Waals surface area contributed by atoms with Gasteiger partial charge in [-0.05, 0) is 56.2 Å². The third kappa shape index (κ3) is 3.01. The molecule has 1 aliphatic heterocycles. The molecular formula is C19H22N4S. The van der Waals surface area contributed by atoms with Gasteiger partial charge in [0.05, 0.1) is 11.6 Å². The fraction of sp³-hybridized carbons (Fsp3) is 0.368. The van der Waals surface area contributed by atoms with E-state index < -0.39 is 0 Å². The van der Waals surface area contributed by atoms with Crippen molar-refractivity contribution >= 4 is 23.4 Å². The van der Waals surface area contributed by atoms with Crippen LogP contribution in [0.25, 0.3) is 11.2 Å². The van der Waals surface area contributed by atoms with E-state index in [0.29, 0.717) is 6.04 Å². The Morgan fingerprint density at radius 3 is 2.88 bits per heavy atom. The normalized spacial score (nSPS) is 19.0. The number of aryl methyl sites for hydroxylation is 1. The average Bonchev–Trinajstić information content (AvgIpc) is 2.91. The summed E-state index contributed by atoms with van der Waals surface area (Å²) < 4.78 is 3.02. The van der Waals surface area contributed by atoms with Gasteiger partial charge in [-0.25, -0.2) is 4.98 Å². The van der Waals surface area contributed by atoms with Crippen molar-refractivity contribution in [3.63, 3.8) is 0 Å². The largest absolute Gasteiger partial charge is 0.329 e. The van der Waals surface area contributed by atoms with Crippen molar-refractivity contribution < 1.29 is 0 Å². The molecule has 0 bridgehead atoms. The Balaban J connectivity index is 1.61. The number of hydrogen-bond donors (Lipinski definition) is 1. The van der Waals surface area contributed by atoms with E-state index in [4.69, 9.17) is 17.2 Å². The highest BCUT2D eigenvalue weighted by atomic mass is 32.1. The summed E-state index contributed by atoms with van der Waals surface area (Å²) in [5, 5.41) is 0. The van der Waals surface area contributed by atoms with Crippen molar-refractivity contribution in [2.45, 2.75) is 32.4 Å². The molecule has 1 atom stereocenters. The fourth-order valence-corrected chi connectivity index (χ4v) is 4.01. The molecule has 4 rings (SSSR count). The zero-order chi connectivity index (χ0) is 16.5. The molecule has 1 aromatic carbocycles. The number of nitrogens with one attached hydrogen (secondary N) is 1. The molecule has 3 aromatic rings. The smallest absolute Gasteiger partial charge is 0.179 e. The van der Waals surface area contributed by atoms with Gasteiger partial charge < -0.3 is 4.98 Å². The van der Waals surface area contributed by atoms with E-state index in [1.807, 2.05) is 13.0 Å². The highest BCUT2D eigenvalue weighted by Crippen LogP contribution is 2.26. The molecule has 0 aliphatic carbocycles. The molecule has 0 saturated carbocycles. The average molecular weight is 338 g/mol. The number of imidazole rings is 1. The number of hydrogen-bond acceptors (Lipinski definition) is 3. The summed E-state index contributed by atoms with van der Waals surface area (Å²) in [5.41, 5.74) is 4.43. The number of nitrogens with zero attached hydrogens (tertiary/aromatic N) is 3. The Kier molecular flexibility index (Phi) is 4.21. The maximum absolute atomic E-state index is 5.59. The molecule has 0 amide bonds. The van der Waals surface area contributed by atoms with Gasteiger partial charge in [-0.2, -0.15) is 0 Å². The molecule has 4 nitrogen and oxygen atoms in total. The second kappa shape index (κ2) is 6.49. The number of aromatic amines is 1. The summed E-state index contributed by atoms with van der Waals surface area (Å²) in [6.07, 6.45) is 2.35. The van der Waals surface area contributed by atoms with Gasteiger partial charge in [0.1, 0.15) is 0 Å². The Bertz CT molecular complexity index is 897. The Hall–Kier alpha value is -1.98.